The monoisotopic (exact) mass is 519 g/mol. The maximum absolute atomic E-state index is 12.9. The molecule has 36 heavy (non-hydrogen) atoms. The molecule has 2 N–H and O–H groups in total. The van der Waals surface area contributed by atoms with Crippen LogP contribution in [0, 0.1) is 10.1 Å². The summed E-state index contributed by atoms with van der Waals surface area (Å²) >= 11 is 0. The number of sulfonamides is 1. The number of aliphatic carboxylic acids is 2. The Morgan fingerprint density at radius 3 is 1.94 bits per heavy atom. The quantitative estimate of drug-likeness (QED) is 0.318. The van der Waals surface area contributed by atoms with E-state index in [0.29, 0.717) is 25.0 Å². The first-order chi connectivity index (χ1) is 17.1. The number of nitrogens with zero attached hydrogens (tertiary/aromatic N) is 2. The zero-order chi connectivity index (χ0) is 26.3. The molecule has 0 atom stereocenters. The number of benzene rings is 2. The fourth-order valence-electron chi connectivity index (χ4n) is 4.87. The zero-order valence-electron chi connectivity index (χ0n) is 19.6. The fraction of sp³-hybridized carbons (Fsp3) is 0.417. The topological polar surface area (TPSA) is 162 Å². The number of non-ortho nitro benzene ring substituents is 1. The molecule has 12 heteroatoms. The average Bonchev–Trinajstić information content (AvgIpc) is 2.90. The van der Waals surface area contributed by atoms with Gasteiger partial charge >= 0.3 is 5.97 Å². The van der Waals surface area contributed by atoms with Gasteiger partial charge in [-0.25, -0.2) is 13.2 Å². The van der Waals surface area contributed by atoms with Crippen LogP contribution in [0.15, 0.2) is 59.5 Å². The van der Waals surface area contributed by atoms with E-state index in [0.717, 1.165) is 13.1 Å². The van der Waals surface area contributed by atoms with Crippen molar-refractivity contribution in [2.24, 2.45) is 0 Å². The standard InChI is InChI=1S/C22H27N3O4S.C2H2O4/c26-25(27)21-10-12-22(13-11-21)30(28,29)24-16-14-23(15-17-24)20-8-6-19(7-9-20)18-4-2-1-3-5-18;3-1(4)2(5)6/h1-5,10-13,19-20H,6-9,14-17H2;(H,3,4)(H,5,6). The number of nitro groups is 1. The molecule has 1 heterocycles. The summed E-state index contributed by atoms with van der Waals surface area (Å²) in [5.41, 5.74) is 1.33. The predicted molar refractivity (Wildman–Crippen MR) is 127 cm³/mol. The van der Waals surface area contributed by atoms with E-state index in [1.165, 1.54) is 64.7 Å². The molecule has 2 aromatic carbocycles. The van der Waals surface area contributed by atoms with Crippen molar-refractivity contribution in [3.8, 4) is 0 Å². The highest BCUT2D eigenvalue weighted by Crippen LogP contribution is 2.32. The van der Waals surface area contributed by atoms with Crippen molar-refractivity contribution in [1.82, 2.24) is 4.31 Å². The summed E-state index contributed by atoms with van der Waals surface area (Å²) in [6.45, 7) is 2.61. The van der Waals surface area contributed by atoms with Gasteiger partial charge in [0.15, 0.2) is 5.97 Å². The van der Waals surface area contributed by atoms with Crippen molar-refractivity contribution in [2.45, 2.75) is 42.5 Å². The van der Waals surface area contributed by atoms with E-state index in [-0.39, 0.29) is 10.6 Å². The predicted octanol–water partition coefficient (Wildman–Crippen LogP) is 0.0313. The molecular formula is C24H29N3O8S. The van der Waals surface area contributed by atoms with Gasteiger partial charge in [0, 0.05) is 12.1 Å². The highest BCUT2D eigenvalue weighted by molar-refractivity contribution is 7.89. The first-order valence-corrected chi connectivity index (χ1v) is 13.1. The fourth-order valence-corrected chi connectivity index (χ4v) is 6.31. The minimum atomic E-state index is -3.61. The molecule has 0 spiro atoms. The summed E-state index contributed by atoms with van der Waals surface area (Å²) in [6.07, 6.45) is 4.76. The van der Waals surface area contributed by atoms with Gasteiger partial charge in [-0.2, -0.15) is 4.31 Å². The second kappa shape index (κ2) is 12.1. The Balaban J connectivity index is 0.000000538. The van der Waals surface area contributed by atoms with E-state index in [1.807, 2.05) is 0 Å². The number of hydrogen-bond donors (Lipinski definition) is 2. The first-order valence-electron chi connectivity index (χ1n) is 11.7. The molecule has 2 aliphatic rings. The van der Waals surface area contributed by atoms with Crippen LogP contribution in [0.25, 0.3) is 0 Å². The molecule has 1 saturated heterocycles. The number of piperazine rings is 1. The second-order valence-corrected chi connectivity index (χ2v) is 10.8. The number of carbonyl (C=O) groups excluding carboxylic acids is 1. The molecule has 0 radical (unpaired) electrons. The van der Waals surface area contributed by atoms with Gasteiger partial charge in [0.05, 0.1) is 42.0 Å². The van der Waals surface area contributed by atoms with Crippen LogP contribution in [-0.2, 0) is 19.6 Å². The third-order valence-corrected chi connectivity index (χ3v) is 8.71. The maximum Gasteiger partial charge on any atom is 0.351 e. The molecule has 0 aromatic heterocycles. The van der Waals surface area contributed by atoms with Gasteiger partial charge in [0.25, 0.3) is 5.69 Å². The van der Waals surface area contributed by atoms with Crippen LogP contribution in [0.4, 0.5) is 5.69 Å². The summed E-state index contributed by atoms with van der Waals surface area (Å²) in [5, 5.41) is 27.1. The number of nitrogens with one attached hydrogen (secondary N) is 1. The third-order valence-electron chi connectivity index (χ3n) is 6.80. The summed E-state index contributed by atoms with van der Waals surface area (Å²) in [4.78, 5) is 29.9. The number of hydrogen-bond acceptors (Lipinski definition) is 7. The Labute approximate surface area is 209 Å². The zero-order valence-corrected chi connectivity index (χ0v) is 20.4. The Kier molecular flexibility index (Phi) is 9.13. The van der Waals surface area contributed by atoms with E-state index in [2.05, 4.69) is 30.3 Å². The summed E-state index contributed by atoms with van der Waals surface area (Å²) in [6, 6.07) is 16.5. The molecular weight excluding hydrogens is 490 g/mol. The van der Waals surface area contributed by atoms with E-state index in [1.54, 1.807) is 0 Å². The lowest BCUT2D eigenvalue weighted by molar-refractivity contribution is -0.930. The first kappa shape index (κ1) is 27.2. The number of carbonyl (C=O) groups is 2. The molecule has 0 amide bonds. The van der Waals surface area contributed by atoms with Gasteiger partial charge in [-0.3, -0.25) is 10.1 Å². The SMILES string of the molecule is O=C([O-])C(=O)O.O=[N+]([O-])c1ccc(S(=O)(=O)N2CC[NH+](C3CCC(c4ccccc4)CC3)CC2)cc1. The summed E-state index contributed by atoms with van der Waals surface area (Å²) < 4.78 is 27.3. The van der Waals surface area contributed by atoms with Crippen LogP contribution in [-0.4, -0.2) is 66.9 Å². The van der Waals surface area contributed by atoms with Crippen molar-refractivity contribution < 1.29 is 38.0 Å². The Bertz CT molecular complexity index is 1140. The number of carboxylic acids is 2. The van der Waals surface area contributed by atoms with Gasteiger partial charge in [-0.15, -0.1) is 0 Å². The lowest BCUT2D eigenvalue weighted by Gasteiger charge is -2.39. The van der Waals surface area contributed by atoms with E-state index < -0.39 is 26.9 Å². The van der Waals surface area contributed by atoms with Gasteiger partial charge < -0.3 is 19.9 Å². The number of nitro benzene ring substituents is 1. The molecule has 0 bridgehead atoms. The Morgan fingerprint density at radius 1 is 0.944 bits per heavy atom. The molecule has 2 fully saturated rings. The summed E-state index contributed by atoms with van der Waals surface area (Å²) in [7, 11) is -3.61. The lowest BCUT2D eigenvalue weighted by Crippen LogP contribution is -3.18. The largest absolute Gasteiger partial charge is 0.539 e. The van der Waals surface area contributed by atoms with E-state index in [4.69, 9.17) is 19.8 Å². The van der Waals surface area contributed by atoms with Gasteiger partial charge in [-0.1, -0.05) is 30.3 Å². The number of carboxylic acid groups (broad SMARTS) is 2. The van der Waals surface area contributed by atoms with Crippen LogP contribution in [0.5, 0.6) is 0 Å². The van der Waals surface area contributed by atoms with Gasteiger partial charge in [-0.05, 0) is 49.3 Å². The van der Waals surface area contributed by atoms with E-state index in [9.17, 15) is 18.5 Å². The third kappa shape index (κ3) is 6.86. The van der Waals surface area contributed by atoms with Crippen molar-refractivity contribution in [3.05, 3.63) is 70.3 Å². The van der Waals surface area contributed by atoms with Gasteiger partial charge in [0.2, 0.25) is 10.0 Å². The lowest BCUT2D eigenvalue weighted by atomic mass is 9.81. The van der Waals surface area contributed by atoms with Crippen LogP contribution in [0.2, 0.25) is 0 Å². The number of quaternary nitrogens is 1. The molecule has 1 aliphatic heterocycles. The Hall–Kier alpha value is -3.35. The van der Waals surface area contributed by atoms with Crippen LogP contribution in [0.3, 0.4) is 0 Å². The minimum Gasteiger partial charge on any atom is -0.539 e. The van der Waals surface area contributed by atoms with E-state index >= 15 is 0 Å². The van der Waals surface area contributed by atoms with Crippen LogP contribution < -0.4 is 10.0 Å². The van der Waals surface area contributed by atoms with Crippen LogP contribution >= 0.6 is 0 Å². The van der Waals surface area contributed by atoms with Crippen molar-refractivity contribution in [2.75, 3.05) is 26.2 Å². The molecule has 4 rings (SSSR count). The smallest absolute Gasteiger partial charge is 0.351 e. The van der Waals surface area contributed by atoms with Crippen molar-refractivity contribution >= 4 is 27.6 Å². The van der Waals surface area contributed by atoms with Gasteiger partial charge in [0.1, 0.15) is 0 Å². The second-order valence-electron chi connectivity index (χ2n) is 8.87. The molecule has 1 saturated carbocycles. The van der Waals surface area contributed by atoms with Crippen molar-refractivity contribution in [3.63, 3.8) is 0 Å². The summed E-state index contributed by atoms with van der Waals surface area (Å²) in [5.74, 6) is -3.37. The maximum atomic E-state index is 12.9. The van der Waals surface area contributed by atoms with Crippen molar-refractivity contribution in [1.29, 1.82) is 0 Å². The molecule has 11 nitrogen and oxygen atoms in total. The minimum absolute atomic E-state index is 0.102. The number of rotatable bonds is 5. The highest BCUT2D eigenvalue weighted by atomic mass is 32.2. The Morgan fingerprint density at radius 2 is 1.47 bits per heavy atom. The molecule has 1 aliphatic carbocycles. The molecule has 2 aromatic rings. The highest BCUT2D eigenvalue weighted by Gasteiger charge is 2.35. The normalized spacial score (nSPS) is 21.1. The molecule has 0 unspecified atom stereocenters. The molecule has 194 valence electrons. The average molecular weight is 520 g/mol. The van der Waals surface area contributed by atoms with Crippen LogP contribution in [0.1, 0.15) is 37.2 Å².